The van der Waals surface area contributed by atoms with E-state index in [0.29, 0.717) is 12.1 Å². The molecule has 0 aromatic heterocycles. The van der Waals surface area contributed by atoms with Gasteiger partial charge in [0.2, 0.25) is 5.91 Å². The number of aryl methyl sites for hydroxylation is 1. The molecule has 3 heterocycles. The van der Waals surface area contributed by atoms with E-state index in [1.165, 1.54) is 0 Å². The molecule has 2 spiro atoms. The summed E-state index contributed by atoms with van der Waals surface area (Å²) in [6.45, 7) is 4.02. The summed E-state index contributed by atoms with van der Waals surface area (Å²) >= 11 is 0. The quantitative estimate of drug-likeness (QED) is 0.746. The lowest BCUT2D eigenvalue weighted by Crippen LogP contribution is -2.60. The van der Waals surface area contributed by atoms with Crippen LogP contribution in [0.3, 0.4) is 0 Å². The fourth-order valence-corrected chi connectivity index (χ4v) is 5.71. The van der Waals surface area contributed by atoms with Crippen LogP contribution in [-0.4, -0.2) is 37.5 Å². The van der Waals surface area contributed by atoms with Crippen molar-refractivity contribution in [1.82, 2.24) is 5.32 Å². The molecule has 3 aliphatic heterocycles. The van der Waals surface area contributed by atoms with Crippen LogP contribution in [0, 0.1) is 6.92 Å². The number of anilines is 2. The minimum absolute atomic E-state index is 0.0882. The largest absolute Gasteiger partial charge is 0.466 e. The van der Waals surface area contributed by atoms with Gasteiger partial charge in [0, 0.05) is 30.0 Å². The second-order valence-electron chi connectivity index (χ2n) is 8.59. The number of fused-ring (bicyclic) bond motifs is 5. The number of carbonyl (C=O) groups is 3. The molecule has 0 saturated carbocycles. The Kier molecular flexibility index (Phi) is 4.24. The van der Waals surface area contributed by atoms with Crippen molar-refractivity contribution in [2.75, 3.05) is 23.9 Å². The first-order valence-electron chi connectivity index (χ1n) is 10.6. The van der Waals surface area contributed by atoms with E-state index in [1.807, 2.05) is 49.4 Å². The Morgan fingerprint density at radius 3 is 2.74 bits per heavy atom. The van der Waals surface area contributed by atoms with Crippen molar-refractivity contribution in [3.63, 3.8) is 0 Å². The molecule has 2 N–H and O–H groups in total. The maximum absolute atomic E-state index is 13.9. The van der Waals surface area contributed by atoms with Crippen molar-refractivity contribution in [3.05, 3.63) is 59.2 Å². The van der Waals surface area contributed by atoms with E-state index in [0.717, 1.165) is 22.4 Å². The van der Waals surface area contributed by atoms with E-state index < -0.39 is 11.0 Å². The summed E-state index contributed by atoms with van der Waals surface area (Å²) in [5.41, 5.74) is 1.59. The van der Waals surface area contributed by atoms with E-state index >= 15 is 0 Å². The summed E-state index contributed by atoms with van der Waals surface area (Å²) in [5, 5.41) is 6.47. The predicted molar refractivity (Wildman–Crippen MR) is 116 cm³/mol. The van der Waals surface area contributed by atoms with Crippen LogP contribution in [0.2, 0.25) is 0 Å². The van der Waals surface area contributed by atoms with Gasteiger partial charge >= 0.3 is 5.97 Å². The first kappa shape index (κ1) is 19.8. The molecular weight excluding hydrogens is 394 g/mol. The average molecular weight is 419 g/mol. The van der Waals surface area contributed by atoms with E-state index in [1.54, 1.807) is 18.9 Å². The number of amides is 2. The van der Waals surface area contributed by atoms with Crippen LogP contribution in [0.5, 0.6) is 0 Å². The highest BCUT2D eigenvalue weighted by Gasteiger charge is 2.73. The van der Waals surface area contributed by atoms with E-state index in [2.05, 4.69) is 10.6 Å². The standard InChI is InChI=1S/C24H25N3O4/c1-4-31-20(28)12-15-13-23(16-7-5-6-8-18(16)25-21(23)29)24(26-15)17-11-14(2)9-10-19(17)27(3)22(24)30/h5-11,15,26H,4,12-13H2,1-3H3,(H,25,29)/t15-,23-,24-/m0/s1. The zero-order chi connectivity index (χ0) is 22.0. The molecule has 2 amide bonds. The van der Waals surface area contributed by atoms with Crippen LogP contribution in [-0.2, 0) is 30.1 Å². The van der Waals surface area contributed by atoms with Crippen molar-refractivity contribution in [2.45, 2.75) is 43.7 Å². The summed E-state index contributed by atoms with van der Waals surface area (Å²) in [5.74, 6) is -0.753. The predicted octanol–water partition coefficient (Wildman–Crippen LogP) is 2.37. The Morgan fingerprint density at radius 1 is 1.19 bits per heavy atom. The van der Waals surface area contributed by atoms with Gasteiger partial charge in [0.1, 0.15) is 11.0 Å². The molecule has 1 saturated heterocycles. The Balaban J connectivity index is 1.75. The molecule has 2 aromatic rings. The molecule has 31 heavy (non-hydrogen) atoms. The van der Waals surface area contributed by atoms with E-state index in [-0.39, 0.29) is 36.9 Å². The number of ether oxygens (including phenoxy) is 1. The topological polar surface area (TPSA) is 87.7 Å². The summed E-state index contributed by atoms with van der Waals surface area (Å²) in [4.78, 5) is 41.6. The molecule has 7 nitrogen and oxygen atoms in total. The average Bonchev–Trinajstić information content (AvgIpc) is 3.30. The number of nitrogens with one attached hydrogen (secondary N) is 2. The summed E-state index contributed by atoms with van der Waals surface area (Å²) < 4.78 is 5.16. The molecule has 0 unspecified atom stereocenters. The molecule has 0 bridgehead atoms. The number of para-hydroxylation sites is 1. The Hall–Kier alpha value is -3.19. The molecule has 3 aliphatic rings. The maximum atomic E-state index is 13.9. The van der Waals surface area contributed by atoms with Crippen molar-refractivity contribution in [1.29, 1.82) is 0 Å². The fraction of sp³-hybridized carbons (Fsp3) is 0.375. The van der Waals surface area contributed by atoms with E-state index in [9.17, 15) is 14.4 Å². The Morgan fingerprint density at radius 2 is 1.97 bits per heavy atom. The molecule has 2 aromatic carbocycles. The van der Waals surface area contributed by atoms with Gasteiger partial charge in [0.25, 0.3) is 5.91 Å². The molecule has 160 valence electrons. The molecule has 1 fully saturated rings. The van der Waals surface area contributed by atoms with Crippen LogP contribution in [0.4, 0.5) is 11.4 Å². The monoisotopic (exact) mass is 419 g/mol. The minimum atomic E-state index is -1.29. The number of likely N-dealkylation sites (N-methyl/N-ethyl adjacent to an activating group) is 1. The smallest absolute Gasteiger partial charge is 0.307 e. The fourth-order valence-electron chi connectivity index (χ4n) is 5.71. The van der Waals surface area contributed by atoms with Crippen molar-refractivity contribution in [2.24, 2.45) is 0 Å². The number of nitrogens with zero attached hydrogens (tertiary/aromatic N) is 1. The van der Waals surface area contributed by atoms with Crippen LogP contribution in [0.15, 0.2) is 42.5 Å². The van der Waals surface area contributed by atoms with Gasteiger partial charge in [0.15, 0.2) is 0 Å². The number of esters is 1. The van der Waals surface area contributed by atoms with Gasteiger partial charge in [-0.1, -0.05) is 35.9 Å². The van der Waals surface area contributed by atoms with Crippen molar-refractivity contribution in [3.8, 4) is 0 Å². The van der Waals surface area contributed by atoms with Gasteiger partial charge in [-0.25, -0.2) is 0 Å². The van der Waals surface area contributed by atoms with Gasteiger partial charge in [-0.15, -0.1) is 0 Å². The number of carbonyl (C=O) groups excluding carboxylic acids is 3. The maximum Gasteiger partial charge on any atom is 0.307 e. The molecule has 0 radical (unpaired) electrons. The van der Waals surface area contributed by atoms with Crippen LogP contribution in [0.1, 0.15) is 36.5 Å². The van der Waals surface area contributed by atoms with Gasteiger partial charge in [0.05, 0.1) is 13.0 Å². The van der Waals surface area contributed by atoms with Gasteiger partial charge in [-0.3, -0.25) is 19.7 Å². The number of benzene rings is 2. The second-order valence-corrected chi connectivity index (χ2v) is 8.59. The van der Waals surface area contributed by atoms with Gasteiger partial charge < -0.3 is 15.0 Å². The molecule has 3 atom stereocenters. The third-order valence-corrected chi connectivity index (χ3v) is 6.90. The van der Waals surface area contributed by atoms with Crippen LogP contribution < -0.4 is 15.5 Å². The van der Waals surface area contributed by atoms with Gasteiger partial charge in [-0.2, -0.15) is 0 Å². The summed E-state index contributed by atoms with van der Waals surface area (Å²) in [6, 6.07) is 13.0. The van der Waals surface area contributed by atoms with Crippen molar-refractivity contribution < 1.29 is 19.1 Å². The third-order valence-electron chi connectivity index (χ3n) is 6.90. The lowest BCUT2D eigenvalue weighted by atomic mass is 9.63. The van der Waals surface area contributed by atoms with Crippen molar-refractivity contribution >= 4 is 29.2 Å². The highest BCUT2D eigenvalue weighted by Crippen LogP contribution is 2.60. The minimum Gasteiger partial charge on any atom is -0.466 e. The SMILES string of the molecule is CCOC(=O)C[C@H]1C[C@]2(C(=O)Nc3ccccc32)[C@@]2(N1)C(=O)N(C)c1ccc(C)cc12. The first-order valence-corrected chi connectivity index (χ1v) is 10.6. The van der Waals surface area contributed by atoms with Gasteiger partial charge in [-0.05, 0) is 38.0 Å². The summed E-state index contributed by atoms with van der Waals surface area (Å²) in [6.07, 6.45) is 0.409. The normalized spacial score (nSPS) is 28.2. The van der Waals surface area contributed by atoms with Crippen LogP contribution in [0.25, 0.3) is 0 Å². The zero-order valence-electron chi connectivity index (χ0n) is 17.8. The second kappa shape index (κ2) is 6.65. The first-order chi connectivity index (χ1) is 14.8. The number of hydrogen-bond acceptors (Lipinski definition) is 5. The highest BCUT2D eigenvalue weighted by atomic mass is 16.5. The van der Waals surface area contributed by atoms with Crippen LogP contribution >= 0.6 is 0 Å². The van der Waals surface area contributed by atoms with E-state index in [4.69, 9.17) is 4.74 Å². The number of hydrogen-bond donors (Lipinski definition) is 2. The molecule has 5 rings (SSSR count). The molecule has 7 heteroatoms. The third kappa shape index (κ3) is 2.41. The lowest BCUT2D eigenvalue weighted by Gasteiger charge is -2.38. The molecule has 0 aliphatic carbocycles. The Bertz CT molecular complexity index is 1130. The number of rotatable bonds is 3. The summed E-state index contributed by atoms with van der Waals surface area (Å²) in [7, 11) is 1.73. The Labute approximate surface area is 180 Å². The lowest BCUT2D eigenvalue weighted by molar-refractivity contribution is -0.143. The highest BCUT2D eigenvalue weighted by molar-refractivity contribution is 6.18. The molecular formula is C24H25N3O4. The zero-order valence-corrected chi connectivity index (χ0v) is 17.8.